The van der Waals surface area contributed by atoms with Crippen LogP contribution in [0.25, 0.3) is 0 Å². The number of amides is 2. The molecule has 1 unspecified atom stereocenters. The molecule has 0 bridgehead atoms. The van der Waals surface area contributed by atoms with Gasteiger partial charge >= 0.3 is 5.97 Å². The lowest BCUT2D eigenvalue weighted by atomic mass is 10.0. The van der Waals surface area contributed by atoms with E-state index in [4.69, 9.17) is 0 Å². The van der Waals surface area contributed by atoms with Gasteiger partial charge in [-0.25, -0.2) is 4.79 Å². The molecule has 0 saturated heterocycles. The number of benzene rings is 1. The zero-order chi connectivity index (χ0) is 19.0. The van der Waals surface area contributed by atoms with Crippen molar-refractivity contribution in [2.24, 2.45) is 5.92 Å². The first-order valence-corrected chi connectivity index (χ1v) is 8.55. The van der Waals surface area contributed by atoms with Crippen LogP contribution in [0.3, 0.4) is 0 Å². The van der Waals surface area contributed by atoms with Crippen molar-refractivity contribution in [2.45, 2.75) is 46.6 Å². The summed E-state index contributed by atoms with van der Waals surface area (Å²) in [5.41, 5.74) is 2.06. The molecular weight excluding hydrogens is 320 g/mol. The van der Waals surface area contributed by atoms with E-state index in [9.17, 15) is 19.5 Å². The summed E-state index contributed by atoms with van der Waals surface area (Å²) in [6, 6.07) is 6.89. The van der Waals surface area contributed by atoms with Crippen molar-refractivity contribution in [3.05, 3.63) is 35.4 Å². The number of carbonyl (C=O) groups excluding carboxylic acids is 2. The second-order valence-corrected chi connectivity index (χ2v) is 6.68. The van der Waals surface area contributed by atoms with Crippen molar-refractivity contribution in [1.29, 1.82) is 0 Å². The van der Waals surface area contributed by atoms with Crippen LogP contribution in [-0.2, 0) is 27.2 Å². The van der Waals surface area contributed by atoms with Gasteiger partial charge in [-0.05, 0) is 30.4 Å². The molecule has 0 aliphatic carbocycles. The van der Waals surface area contributed by atoms with Crippen LogP contribution < -0.4 is 5.32 Å². The highest BCUT2D eigenvalue weighted by Crippen LogP contribution is 2.12. The number of carbonyl (C=O) groups is 3. The lowest BCUT2D eigenvalue weighted by molar-refractivity contribution is -0.149. The monoisotopic (exact) mass is 348 g/mol. The second kappa shape index (κ2) is 9.81. The molecule has 1 aromatic carbocycles. The number of rotatable bonds is 9. The van der Waals surface area contributed by atoms with Gasteiger partial charge < -0.3 is 15.3 Å². The third kappa shape index (κ3) is 7.37. The summed E-state index contributed by atoms with van der Waals surface area (Å²) in [7, 11) is 0. The fourth-order valence-corrected chi connectivity index (χ4v) is 2.56. The molecule has 2 N–H and O–H groups in total. The Kier molecular flexibility index (Phi) is 8.11. The zero-order valence-corrected chi connectivity index (χ0v) is 15.4. The molecule has 0 spiro atoms. The Morgan fingerprint density at radius 1 is 1.08 bits per heavy atom. The lowest BCUT2D eigenvalue weighted by Gasteiger charge is -2.26. The summed E-state index contributed by atoms with van der Waals surface area (Å²) >= 11 is 0. The van der Waals surface area contributed by atoms with Crippen molar-refractivity contribution >= 4 is 17.8 Å². The van der Waals surface area contributed by atoms with Gasteiger partial charge in [0.15, 0.2) is 0 Å². The fraction of sp³-hybridized carbons (Fsp3) is 0.526. The first-order valence-electron chi connectivity index (χ1n) is 8.55. The van der Waals surface area contributed by atoms with Crippen LogP contribution in [0.1, 0.15) is 38.8 Å². The number of aliphatic carboxylic acids is 1. The molecule has 0 aromatic heterocycles. The van der Waals surface area contributed by atoms with Crippen LogP contribution in [0.2, 0.25) is 0 Å². The molecule has 1 aromatic rings. The molecule has 0 aliphatic rings. The molecule has 138 valence electrons. The van der Waals surface area contributed by atoms with Crippen molar-refractivity contribution in [1.82, 2.24) is 10.2 Å². The number of nitrogens with zero attached hydrogens (tertiary/aromatic N) is 1. The van der Waals surface area contributed by atoms with E-state index in [1.54, 1.807) is 0 Å². The van der Waals surface area contributed by atoms with Crippen LogP contribution in [0, 0.1) is 5.92 Å². The summed E-state index contributed by atoms with van der Waals surface area (Å²) in [6.07, 6.45) is 1.12. The smallest absolute Gasteiger partial charge is 0.326 e. The number of hydrogen-bond acceptors (Lipinski definition) is 3. The van der Waals surface area contributed by atoms with E-state index in [0.29, 0.717) is 5.92 Å². The average molecular weight is 348 g/mol. The minimum absolute atomic E-state index is 0.139. The van der Waals surface area contributed by atoms with Gasteiger partial charge in [-0.15, -0.1) is 0 Å². The maximum Gasteiger partial charge on any atom is 0.326 e. The highest BCUT2D eigenvalue weighted by atomic mass is 16.4. The molecular formula is C19H28N2O4. The Morgan fingerprint density at radius 2 is 1.64 bits per heavy atom. The van der Waals surface area contributed by atoms with Crippen molar-refractivity contribution < 1.29 is 19.5 Å². The van der Waals surface area contributed by atoms with Crippen molar-refractivity contribution in [3.8, 4) is 0 Å². The number of nitrogens with one attached hydrogen (secondary N) is 1. The van der Waals surface area contributed by atoms with E-state index < -0.39 is 12.0 Å². The SMILES string of the molecule is CC(=O)NCCN(C(=O)Cc1ccc(CC(C)C)cc1)C(C)C(=O)O. The van der Waals surface area contributed by atoms with Gasteiger partial charge in [0.2, 0.25) is 11.8 Å². The topological polar surface area (TPSA) is 86.7 Å². The zero-order valence-electron chi connectivity index (χ0n) is 15.4. The van der Waals surface area contributed by atoms with E-state index in [1.165, 1.54) is 24.3 Å². The third-order valence-electron chi connectivity index (χ3n) is 3.89. The quantitative estimate of drug-likeness (QED) is 0.713. The average Bonchev–Trinajstić information content (AvgIpc) is 2.51. The molecule has 6 heteroatoms. The normalized spacial score (nSPS) is 11.9. The standard InChI is InChI=1S/C19H28N2O4/c1-13(2)11-16-5-7-17(8-6-16)12-18(23)21(14(3)19(24)25)10-9-20-15(4)22/h5-8,13-14H,9-12H2,1-4H3,(H,20,22)(H,24,25). The van der Waals surface area contributed by atoms with E-state index in [2.05, 4.69) is 19.2 Å². The predicted octanol–water partition coefficient (Wildman–Crippen LogP) is 1.87. The van der Waals surface area contributed by atoms with Crippen molar-refractivity contribution in [2.75, 3.05) is 13.1 Å². The Labute approximate surface area is 149 Å². The Hall–Kier alpha value is -2.37. The Morgan fingerprint density at radius 3 is 2.12 bits per heavy atom. The second-order valence-electron chi connectivity index (χ2n) is 6.68. The van der Waals surface area contributed by atoms with Gasteiger partial charge in [-0.1, -0.05) is 38.1 Å². The van der Waals surface area contributed by atoms with Crippen LogP contribution in [0.4, 0.5) is 0 Å². The molecule has 0 saturated carbocycles. The summed E-state index contributed by atoms with van der Waals surface area (Å²) in [6.45, 7) is 7.55. The number of carboxylic acids is 1. The highest BCUT2D eigenvalue weighted by molar-refractivity contribution is 5.84. The maximum atomic E-state index is 12.5. The maximum absolute atomic E-state index is 12.5. The lowest BCUT2D eigenvalue weighted by Crippen LogP contribution is -2.47. The summed E-state index contributed by atoms with van der Waals surface area (Å²) < 4.78 is 0. The van der Waals surface area contributed by atoms with E-state index in [0.717, 1.165) is 12.0 Å². The van der Waals surface area contributed by atoms with E-state index >= 15 is 0 Å². The largest absolute Gasteiger partial charge is 0.480 e. The fourth-order valence-electron chi connectivity index (χ4n) is 2.56. The molecule has 0 aliphatic heterocycles. The molecule has 0 fully saturated rings. The van der Waals surface area contributed by atoms with Crippen LogP contribution in [-0.4, -0.2) is 46.9 Å². The summed E-state index contributed by atoms with van der Waals surface area (Å²) in [4.78, 5) is 36.1. The van der Waals surface area contributed by atoms with E-state index in [-0.39, 0.29) is 31.3 Å². The minimum atomic E-state index is -1.07. The van der Waals surface area contributed by atoms with Gasteiger partial charge in [0.1, 0.15) is 6.04 Å². The summed E-state index contributed by atoms with van der Waals surface area (Å²) in [5, 5.41) is 11.8. The van der Waals surface area contributed by atoms with E-state index in [1.807, 2.05) is 24.3 Å². The van der Waals surface area contributed by atoms with Crippen LogP contribution in [0.5, 0.6) is 0 Å². The minimum Gasteiger partial charge on any atom is -0.480 e. The Balaban J connectivity index is 2.75. The first kappa shape index (κ1) is 20.7. The molecule has 6 nitrogen and oxygen atoms in total. The van der Waals surface area contributed by atoms with Crippen molar-refractivity contribution in [3.63, 3.8) is 0 Å². The Bertz CT molecular complexity index is 596. The molecule has 25 heavy (non-hydrogen) atoms. The highest BCUT2D eigenvalue weighted by Gasteiger charge is 2.25. The summed E-state index contributed by atoms with van der Waals surface area (Å²) in [5.74, 6) is -0.982. The predicted molar refractivity (Wildman–Crippen MR) is 96.2 cm³/mol. The molecule has 0 heterocycles. The molecule has 1 rings (SSSR count). The molecule has 1 atom stereocenters. The number of carboxylic acid groups (broad SMARTS) is 1. The molecule has 2 amide bonds. The third-order valence-corrected chi connectivity index (χ3v) is 3.89. The van der Waals surface area contributed by atoms with Gasteiger partial charge in [0.05, 0.1) is 6.42 Å². The van der Waals surface area contributed by atoms with Gasteiger partial charge in [-0.3, -0.25) is 9.59 Å². The van der Waals surface area contributed by atoms with Gasteiger partial charge in [0, 0.05) is 20.0 Å². The number of hydrogen-bond donors (Lipinski definition) is 2. The van der Waals surface area contributed by atoms with Crippen LogP contribution >= 0.6 is 0 Å². The first-order chi connectivity index (χ1) is 11.7. The van der Waals surface area contributed by atoms with Crippen LogP contribution in [0.15, 0.2) is 24.3 Å². The van der Waals surface area contributed by atoms with Gasteiger partial charge in [-0.2, -0.15) is 0 Å². The molecule has 0 radical (unpaired) electrons. The van der Waals surface area contributed by atoms with Gasteiger partial charge in [0.25, 0.3) is 0 Å².